The molecule has 5 aliphatic rings. The van der Waals surface area contributed by atoms with Crippen molar-refractivity contribution in [1.29, 1.82) is 0 Å². The highest BCUT2D eigenvalue weighted by Gasteiger charge is 2.67. The van der Waals surface area contributed by atoms with Crippen LogP contribution in [0.5, 0.6) is 0 Å². The summed E-state index contributed by atoms with van der Waals surface area (Å²) in [5.41, 5.74) is 4.44. The first-order chi connectivity index (χ1) is 13.9. The minimum absolute atomic E-state index is 0.0428. The van der Waals surface area contributed by atoms with Gasteiger partial charge in [0.15, 0.2) is 0 Å². The van der Waals surface area contributed by atoms with E-state index in [2.05, 4.69) is 20.7 Å². The summed E-state index contributed by atoms with van der Waals surface area (Å²) in [6.45, 7) is 3.54. The molecule has 1 saturated heterocycles. The molecule has 0 radical (unpaired) electrons. The van der Waals surface area contributed by atoms with Crippen LogP contribution in [0.2, 0.25) is 0 Å². The molecule has 30 heavy (non-hydrogen) atoms. The molecule has 5 unspecified atom stereocenters. The Kier molecular flexibility index (Phi) is 4.21. The fourth-order valence-electron chi connectivity index (χ4n) is 6.66. The Balaban J connectivity index is 1.49. The summed E-state index contributed by atoms with van der Waals surface area (Å²) in [6, 6.07) is 7.25. The van der Waals surface area contributed by atoms with Gasteiger partial charge in [0, 0.05) is 4.47 Å². The van der Waals surface area contributed by atoms with Crippen LogP contribution in [0.3, 0.4) is 0 Å². The number of hydrogen-bond donors (Lipinski definition) is 2. The number of primary amides is 1. The number of rotatable bonds is 3. The summed E-state index contributed by atoms with van der Waals surface area (Å²) in [7, 11) is -3.77. The van der Waals surface area contributed by atoms with Gasteiger partial charge in [0.25, 0.3) is 6.02 Å². The number of carbonyl (C=O) groups excluding carboxylic acids is 1. The van der Waals surface area contributed by atoms with Crippen molar-refractivity contribution in [3.8, 4) is 0 Å². The molecule has 4 bridgehead atoms. The summed E-state index contributed by atoms with van der Waals surface area (Å²) < 4.78 is 36.1. The van der Waals surface area contributed by atoms with Gasteiger partial charge in [-0.15, -0.1) is 0 Å². The van der Waals surface area contributed by atoms with E-state index in [9.17, 15) is 13.2 Å². The summed E-state index contributed by atoms with van der Waals surface area (Å²) in [4.78, 5) is 17.1. The first-order valence-electron chi connectivity index (χ1n) is 10.3. The number of amides is 1. The fourth-order valence-corrected chi connectivity index (χ4v) is 8.69. The third-order valence-corrected chi connectivity index (χ3v) is 9.98. The normalized spacial score (nSPS) is 41.4. The van der Waals surface area contributed by atoms with E-state index in [1.165, 1.54) is 0 Å². The number of nitrogens with zero attached hydrogens (tertiary/aromatic N) is 1. The van der Waals surface area contributed by atoms with Crippen molar-refractivity contribution in [2.75, 3.05) is 0 Å². The molecule has 1 amide bonds. The molecule has 0 spiro atoms. The maximum Gasteiger partial charge on any atom is 0.299 e. The SMILES string of the molecule is CC1(C)OC(=NC23CC4CC2CC(C(N)=O)(C4)C3)NS(=O)(=O)C1c1ccc(Br)cc1. The Labute approximate surface area is 185 Å². The van der Waals surface area contributed by atoms with Crippen molar-refractivity contribution in [2.45, 2.75) is 62.3 Å². The van der Waals surface area contributed by atoms with Gasteiger partial charge in [0.05, 0.1) is 11.0 Å². The number of amidine groups is 1. The third kappa shape index (κ3) is 2.92. The minimum atomic E-state index is -3.77. The van der Waals surface area contributed by atoms with E-state index in [1.54, 1.807) is 26.0 Å². The van der Waals surface area contributed by atoms with Crippen LogP contribution in [0.15, 0.2) is 33.7 Å². The molecule has 1 heterocycles. The molecule has 4 saturated carbocycles. The molecule has 3 N–H and O–H groups in total. The van der Waals surface area contributed by atoms with Gasteiger partial charge in [-0.2, -0.15) is 0 Å². The monoisotopic (exact) mass is 495 g/mol. The van der Waals surface area contributed by atoms with Gasteiger partial charge in [0.1, 0.15) is 10.9 Å². The van der Waals surface area contributed by atoms with Gasteiger partial charge in [0.2, 0.25) is 15.9 Å². The molecule has 9 heteroatoms. The molecule has 5 atom stereocenters. The number of benzene rings is 1. The Morgan fingerprint density at radius 3 is 2.57 bits per heavy atom. The number of hydrogen-bond acceptors (Lipinski definition) is 5. The average Bonchev–Trinajstić information content (AvgIpc) is 2.96. The average molecular weight is 496 g/mol. The molecule has 5 fully saturated rings. The van der Waals surface area contributed by atoms with Crippen LogP contribution >= 0.6 is 15.9 Å². The Morgan fingerprint density at radius 2 is 1.93 bits per heavy atom. The Hall–Kier alpha value is -1.61. The van der Waals surface area contributed by atoms with E-state index in [-0.39, 0.29) is 17.8 Å². The molecule has 0 aromatic heterocycles. The van der Waals surface area contributed by atoms with Crippen LogP contribution in [0.25, 0.3) is 0 Å². The molecule has 1 aliphatic heterocycles. The predicted molar refractivity (Wildman–Crippen MR) is 116 cm³/mol. The molecule has 1 aromatic carbocycles. The lowest BCUT2D eigenvalue weighted by Gasteiger charge is -2.41. The molecule has 4 aliphatic carbocycles. The van der Waals surface area contributed by atoms with Crippen molar-refractivity contribution in [3.05, 3.63) is 34.3 Å². The van der Waals surface area contributed by atoms with Gasteiger partial charge in [-0.1, -0.05) is 28.1 Å². The van der Waals surface area contributed by atoms with E-state index in [4.69, 9.17) is 15.5 Å². The van der Waals surface area contributed by atoms with Gasteiger partial charge in [-0.05, 0) is 75.5 Å². The zero-order valence-corrected chi connectivity index (χ0v) is 19.4. The number of nitrogens with one attached hydrogen (secondary N) is 1. The van der Waals surface area contributed by atoms with Crippen molar-refractivity contribution < 1.29 is 17.9 Å². The number of carbonyl (C=O) groups is 1. The van der Waals surface area contributed by atoms with Crippen LogP contribution in [-0.2, 0) is 19.6 Å². The molecular weight excluding hydrogens is 470 g/mol. The highest BCUT2D eigenvalue weighted by molar-refractivity contribution is 9.10. The quantitative estimate of drug-likeness (QED) is 0.670. The first kappa shape index (κ1) is 20.3. The summed E-state index contributed by atoms with van der Waals surface area (Å²) in [5.74, 6) is 0.412. The fraction of sp³-hybridized carbons (Fsp3) is 0.619. The zero-order valence-electron chi connectivity index (χ0n) is 17.0. The Bertz CT molecular complexity index is 1050. The van der Waals surface area contributed by atoms with Crippen LogP contribution in [0.4, 0.5) is 0 Å². The van der Waals surface area contributed by atoms with Crippen molar-refractivity contribution >= 4 is 37.9 Å². The maximum atomic E-state index is 13.2. The lowest BCUT2D eigenvalue weighted by molar-refractivity contribution is -0.130. The third-order valence-electron chi connectivity index (χ3n) is 7.53. The topological polar surface area (TPSA) is 111 Å². The number of ether oxygens (including phenoxy) is 1. The molecule has 7 nitrogen and oxygen atoms in total. The standard InChI is InChI=1S/C21H26BrN3O4S/c1-19(2)16(13-3-5-15(22)6-4-13)30(27,28)25-18(29-19)24-21-9-12-7-14(21)10-20(8-12,11-21)17(23)26/h3-6,12,14,16H,7-11H2,1-2H3,(H2,23,26)(H,24,25). The lowest BCUT2D eigenvalue weighted by atomic mass is 9.68. The zero-order chi connectivity index (χ0) is 21.5. The number of halogens is 1. The van der Waals surface area contributed by atoms with Crippen LogP contribution in [0.1, 0.15) is 56.8 Å². The summed E-state index contributed by atoms with van der Waals surface area (Å²) >= 11 is 3.38. The lowest BCUT2D eigenvalue weighted by Crippen LogP contribution is -2.54. The smallest absolute Gasteiger partial charge is 0.299 e. The number of aliphatic imine (C=N–C) groups is 1. The highest BCUT2D eigenvalue weighted by Crippen LogP contribution is 2.67. The summed E-state index contributed by atoms with van der Waals surface area (Å²) in [6.07, 6.45) is 4.03. The second-order valence-electron chi connectivity index (χ2n) is 10.0. The predicted octanol–water partition coefficient (Wildman–Crippen LogP) is 3.01. The molecular formula is C21H26BrN3O4S. The minimum Gasteiger partial charge on any atom is -0.457 e. The highest BCUT2D eigenvalue weighted by atomic mass is 79.9. The van der Waals surface area contributed by atoms with E-state index in [0.29, 0.717) is 17.9 Å². The second-order valence-corrected chi connectivity index (χ2v) is 12.7. The first-order valence-corrected chi connectivity index (χ1v) is 12.6. The van der Waals surface area contributed by atoms with Gasteiger partial charge >= 0.3 is 0 Å². The van der Waals surface area contributed by atoms with Crippen LogP contribution in [-0.4, -0.2) is 31.5 Å². The van der Waals surface area contributed by atoms with E-state index in [0.717, 1.165) is 30.2 Å². The van der Waals surface area contributed by atoms with Gasteiger partial charge < -0.3 is 10.5 Å². The number of nitrogens with two attached hydrogens (primary N) is 1. The molecule has 1 aromatic rings. The van der Waals surface area contributed by atoms with E-state index < -0.39 is 31.8 Å². The van der Waals surface area contributed by atoms with Crippen LogP contribution in [0, 0.1) is 17.3 Å². The largest absolute Gasteiger partial charge is 0.457 e. The van der Waals surface area contributed by atoms with Gasteiger partial charge in [-0.25, -0.2) is 18.1 Å². The van der Waals surface area contributed by atoms with E-state index in [1.807, 2.05) is 12.1 Å². The number of sulfonamides is 1. The van der Waals surface area contributed by atoms with Crippen molar-refractivity contribution in [2.24, 2.45) is 28.0 Å². The maximum absolute atomic E-state index is 13.2. The molecule has 6 rings (SSSR count). The van der Waals surface area contributed by atoms with E-state index >= 15 is 0 Å². The van der Waals surface area contributed by atoms with Crippen molar-refractivity contribution in [3.63, 3.8) is 0 Å². The summed E-state index contributed by atoms with van der Waals surface area (Å²) in [5, 5.41) is -0.872. The Morgan fingerprint density at radius 1 is 1.23 bits per heavy atom. The van der Waals surface area contributed by atoms with Crippen molar-refractivity contribution in [1.82, 2.24) is 4.72 Å². The molecule has 162 valence electrons. The van der Waals surface area contributed by atoms with Crippen LogP contribution < -0.4 is 10.5 Å². The second kappa shape index (κ2) is 6.22. The van der Waals surface area contributed by atoms with Gasteiger partial charge in [-0.3, -0.25) is 4.79 Å².